The summed E-state index contributed by atoms with van der Waals surface area (Å²) in [4.78, 5) is 17.1. The van der Waals surface area contributed by atoms with Crippen LogP contribution >= 0.6 is 0 Å². The fraction of sp³-hybridized carbons (Fsp3) is 0.176. The molecule has 3 aromatic heterocycles. The van der Waals surface area contributed by atoms with Crippen molar-refractivity contribution in [3.63, 3.8) is 0 Å². The molecule has 0 unspecified atom stereocenters. The van der Waals surface area contributed by atoms with Crippen LogP contribution in [0.3, 0.4) is 0 Å². The highest BCUT2D eigenvalue weighted by Crippen LogP contribution is 2.15. The van der Waals surface area contributed by atoms with E-state index in [1.807, 2.05) is 30.3 Å². The molecule has 0 spiro atoms. The number of pyridine rings is 2. The first-order valence-electron chi connectivity index (χ1n) is 7.57. The van der Waals surface area contributed by atoms with Gasteiger partial charge in [-0.25, -0.2) is 9.97 Å². The van der Waals surface area contributed by atoms with Gasteiger partial charge in [-0.3, -0.25) is 4.98 Å². The minimum Gasteiger partial charge on any atom is -0.481 e. The van der Waals surface area contributed by atoms with Crippen molar-refractivity contribution in [3.05, 3.63) is 60.7 Å². The van der Waals surface area contributed by atoms with E-state index in [1.54, 1.807) is 31.8 Å². The van der Waals surface area contributed by atoms with Crippen molar-refractivity contribution in [1.82, 2.24) is 19.9 Å². The molecule has 24 heavy (non-hydrogen) atoms. The number of ether oxygens (including phenoxy) is 1. The Morgan fingerprint density at radius 3 is 2.71 bits per heavy atom. The number of nitrogens with zero attached hydrogens (tertiary/aromatic N) is 4. The molecule has 3 rings (SSSR count). The molecular formula is C17H18N6O. The standard InChI is InChI=1S/C17H18N6O/c1-24-16-6-5-14(12-21-16)22-17-20-11-8-15(23-17)19-10-7-13-4-2-3-9-18-13/h2-6,8-9,11-12H,7,10H2,1H3,(H2,19,20,22,23). The summed E-state index contributed by atoms with van der Waals surface area (Å²) in [6.07, 6.45) is 6.00. The lowest BCUT2D eigenvalue weighted by atomic mass is 10.3. The van der Waals surface area contributed by atoms with E-state index in [-0.39, 0.29) is 0 Å². The molecule has 0 aliphatic heterocycles. The van der Waals surface area contributed by atoms with E-state index in [4.69, 9.17) is 4.74 Å². The summed E-state index contributed by atoms with van der Waals surface area (Å²) < 4.78 is 5.03. The second-order valence-electron chi connectivity index (χ2n) is 4.98. The van der Waals surface area contributed by atoms with E-state index in [1.165, 1.54) is 0 Å². The molecule has 3 aromatic rings. The third-order valence-corrected chi connectivity index (χ3v) is 3.27. The summed E-state index contributed by atoms with van der Waals surface area (Å²) >= 11 is 0. The topological polar surface area (TPSA) is 84.9 Å². The predicted octanol–water partition coefficient (Wildman–Crippen LogP) is 2.67. The monoisotopic (exact) mass is 322 g/mol. The third-order valence-electron chi connectivity index (χ3n) is 3.27. The van der Waals surface area contributed by atoms with Crippen molar-refractivity contribution < 1.29 is 4.74 Å². The second-order valence-corrected chi connectivity index (χ2v) is 4.98. The zero-order valence-electron chi connectivity index (χ0n) is 13.3. The molecule has 0 bridgehead atoms. The van der Waals surface area contributed by atoms with Crippen molar-refractivity contribution >= 4 is 17.5 Å². The van der Waals surface area contributed by atoms with Crippen molar-refractivity contribution in [2.75, 3.05) is 24.3 Å². The molecule has 0 saturated heterocycles. The summed E-state index contributed by atoms with van der Waals surface area (Å²) in [5.41, 5.74) is 1.84. The van der Waals surface area contributed by atoms with Crippen LogP contribution in [0.5, 0.6) is 5.88 Å². The van der Waals surface area contributed by atoms with Crippen LogP contribution in [0.2, 0.25) is 0 Å². The predicted molar refractivity (Wildman–Crippen MR) is 92.5 cm³/mol. The molecule has 0 fully saturated rings. The van der Waals surface area contributed by atoms with Gasteiger partial charge in [-0.1, -0.05) is 6.07 Å². The van der Waals surface area contributed by atoms with Crippen LogP contribution in [-0.4, -0.2) is 33.6 Å². The zero-order valence-corrected chi connectivity index (χ0v) is 13.3. The molecule has 0 aromatic carbocycles. The van der Waals surface area contributed by atoms with Crippen LogP contribution in [0.1, 0.15) is 5.69 Å². The lowest BCUT2D eigenvalue weighted by Gasteiger charge is -2.08. The maximum atomic E-state index is 5.03. The van der Waals surface area contributed by atoms with Crippen molar-refractivity contribution in [3.8, 4) is 5.88 Å². The van der Waals surface area contributed by atoms with Crippen LogP contribution in [-0.2, 0) is 6.42 Å². The highest BCUT2D eigenvalue weighted by molar-refractivity contribution is 5.53. The number of aromatic nitrogens is 4. The minimum atomic E-state index is 0.504. The summed E-state index contributed by atoms with van der Waals surface area (Å²) in [5, 5.41) is 6.38. The van der Waals surface area contributed by atoms with Crippen LogP contribution in [0.4, 0.5) is 17.5 Å². The maximum absolute atomic E-state index is 5.03. The van der Waals surface area contributed by atoms with E-state index >= 15 is 0 Å². The number of methoxy groups -OCH3 is 1. The molecule has 3 heterocycles. The van der Waals surface area contributed by atoms with Gasteiger partial charge < -0.3 is 15.4 Å². The van der Waals surface area contributed by atoms with Crippen molar-refractivity contribution in [2.24, 2.45) is 0 Å². The van der Waals surface area contributed by atoms with Gasteiger partial charge in [0.2, 0.25) is 11.8 Å². The number of hydrogen-bond acceptors (Lipinski definition) is 7. The van der Waals surface area contributed by atoms with Gasteiger partial charge in [0, 0.05) is 37.1 Å². The van der Waals surface area contributed by atoms with E-state index in [0.29, 0.717) is 11.8 Å². The Bertz CT molecular complexity index is 764. The van der Waals surface area contributed by atoms with Gasteiger partial charge in [0.25, 0.3) is 0 Å². The Balaban J connectivity index is 1.57. The third kappa shape index (κ3) is 4.39. The molecule has 0 aliphatic rings. The van der Waals surface area contributed by atoms with Crippen molar-refractivity contribution in [1.29, 1.82) is 0 Å². The number of hydrogen-bond donors (Lipinski definition) is 2. The highest BCUT2D eigenvalue weighted by atomic mass is 16.5. The van der Waals surface area contributed by atoms with Gasteiger partial charge in [0.1, 0.15) is 5.82 Å². The van der Waals surface area contributed by atoms with E-state index < -0.39 is 0 Å². The van der Waals surface area contributed by atoms with Crippen LogP contribution < -0.4 is 15.4 Å². The van der Waals surface area contributed by atoms with Gasteiger partial charge in [-0.05, 0) is 24.3 Å². The number of nitrogens with one attached hydrogen (secondary N) is 2. The van der Waals surface area contributed by atoms with Gasteiger partial charge in [-0.2, -0.15) is 4.98 Å². The molecule has 0 aliphatic carbocycles. The minimum absolute atomic E-state index is 0.504. The van der Waals surface area contributed by atoms with Gasteiger partial charge in [-0.15, -0.1) is 0 Å². The first-order chi connectivity index (χ1) is 11.8. The fourth-order valence-electron chi connectivity index (χ4n) is 2.09. The molecule has 122 valence electrons. The maximum Gasteiger partial charge on any atom is 0.229 e. The molecular weight excluding hydrogens is 304 g/mol. The average molecular weight is 322 g/mol. The first kappa shape index (κ1) is 15.7. The normalized spacial score (nSPS) is 10.2. The largest absolute Gasteiger partial charge is 0.481 e. The average Bonchev–Trinajstić information content (AvgIpc) is 2.64. The van der Waals surface area contributed by atoms with Crippen molar-refractivity contribution in [2.45, 2.75) is 6.42 Å². The van der Waals surface area contributed by atoms with Gasteiger partial charge >= 0.3 is 0 Å². The van der Waals surface area contributed by atoms with Gasteiger partial charge in [0.05, 0.1) is 19.0 Å². The zero-order chi connectivity index (χ0) is 16.6. The quantitative estimate of drug-likeness (QED) is 0.691. The van der Waals surface area contributed by atoms with E-state index in [9.17, 15) is 0 Å². The van der Waals surface area contributed by atoms with E-state index in [0.717, 1.165) is 30.2 Å². The first-order valence-corrected chi connectivity index (χ1v) is 7.57. The summed E-state index contributed by atoms with van der Waals surface area (Å²) in [6, 6.07) is 11.4. The Labute approximate surface area is 140 Å². The summed E-state index contributed by atoms with van der Waals surface area (Å²) in [6.45, 7) is 0.748. The molecule has 0 amide bonds. The smallest absolute Gasteiger partial charge is 0.229 e. The molecule has 2 N–H and O–H groups in total. The molecule has 7 nitrogen and oxygen atoms in total. The second kappa shape index (κ2) is 7.87. The Morgan fingerprint density at radius 2 is 1.96 bits per heavy atom. The SMILES string of the molecule is COc1ccc(Nc2nccc(NCCc3ccccn3)n2)cn1. The molecule has 0 radical (unpaired) electrons. The number of rotatable bonds is 7. The van der Waals surface area contributed by atoms with E-state index in [2.05, 4.69) is 30.6 Å². The molecule has 0 atom stereocenters. The summed E-state index contributed by atoms with van der Waals surface area (Å²) in [5.74, 6) is 1.82. The van der Waals surface area contributed by atoms with Gasteiger partial charge in [0.15, 0.2) is 0 Å². The molecule has 0 saturated carbocycles. The highest BCUT2D eigenvalue weighted by Gasteiger charge is 2.01. The Kier molecular flexibility index (Phi) is 5.14. The Morgan fingerprint density at radius 1 is 1.00 bits per heavy atom. The Hall–Kier alpha value is -3.22. The summed E-state index contributed by atoms with van der Waals surface area (Å²) in [7, 11) is 1.58. The van der Waals surface area contributed by atoms with Crippen LogP contribution in [0, 0.1) is 0 Å². The van der Waals surface area contributed by atoms with Crippen LogP contribution in [0.25, 0.3) is 0 Å². The molecule has 7 heteroatoms. The lowest BCUT2D eigenvalue weighted by molar-refractivity contribution is 0.398. The number of anilines is 3. The lowest BCUT2D eigenvalue weighted by Crippen LogP contribution is -2.08. The fourth-order valence-corrected chi connectivity index (χ4v) is 2.09. The van der Waals surface area contributed by atoms with Crippen LogP contribution in [0.15, 0.2) is 55.0 Å².